The minimum atomic E-state index is -0.450. The largest absolute Gasteiger partial charge is 0.462 e. The molecule has 1 N–H and O–H groups in total. The summed E-state index contributed by atoms with van der Waals surface area (Å²) in [5.74, 6) is 0.279. The number of carbonyl (C=O) groups is 2. The van der Waals surface area contributed by atoms with Gasteiger partial charge in [0.15, 0.2) is 0 Å². The summed E-state index contributed by atoms with van der Waals surface area (Å²) in [7, 11) is 0. The molecule has 3 aromatic rings. The second kappa shape index (κ2) is 11.1. The first-order chi connectivity index (χ1) is 16.4. The van der Waals surface area contributed by atoms with Crippen molar-refractivity contribution >= 4 is 45.1 Å². The number of benzene rings is 2. The number of esters is 1. The van der Waals surface area contributed by atoms with E-state index in [4.69, 9.17) is 20.9 Å². The lowest BCUT2D eigenvalue weighted by molar-refractivity contribution is -0.121. The van der Waals surface area contributed by atoms with E-state index in [-0.39, 0.29) is 23.5 Å². The van der Waals surface area contributed by atoms with Crippen molar-refractivity contribution in [3.8, 4) is 11.4 Å². The summed E-state index contributed by atoms with van der Waals surface area (Å²) in [5, 5.41) is 7.25. The third kappa shape index (κ3) is 6.02. The lowest BCUT2D eigenvalue weighted by Crippen LogP contribution is -2.40. The number of amides is 1. The average Bonchev–Trinajstić information content (AvgIpc) is 3.29. The van der Waals surface area contributed by atoms with Gasteiger partial charge in [0.2, 0.25) is 17.6 Å². The number of nitrogens with one attached hydrogen (secondary N) is 1. The first-order valence-electron chi connectivity index (χ1n) is 11.0. The molecular weight excluding hydrogens is 524 g/mol. The van der Waals surface area contributed by atoms with Crippen molar-refractivity contribution in [2.75, 3.05) is 25.0 Å². The van der Waals surface area contributed by atoms with E-state index in [1.54, 1.807) is 19.1 Å². The molecular formula is C24H24BrClN4O4. The van der Waals surface area contributed by atoms with Crippen LogP contribution in [-0.4, -0.2) is 46.6 Å². The van der Waals surface area contributed by atoms with Gasteiger partial charge in [-0.2, -0.15) is 4.98 Å². The zero-order chi connectivity index (χ0) is 24.1. The lowest BCUT2D eigenvalue weighted by atomic mass is 9.97. The number of halogens is 2. The van der Waals surface area contributed by atoms with E-state index in [1.165, 1.54) is 6.07 Å². The normalized spacial score (nSPS) is 16.3. The van der Waals surface area contributed by atoms with Gasteiger partial charge in [0.25, 0.3) is 0 Å². The molecule has 1 atom stereocenters. The van der Waals surface area contributed by atoms with E-state index in [9.17, 15) is 9.59 Å². The highest BCUT2D eigenvalue weighted by Gasteiger charge is 2.27. The second-order valence-corrected chi connectivity index (χ2v) is 9.32. The monoisotopic (exact) mass is 546 g/mol. The molecule has 34 heavy (non-hydrogen) atoms. The lowest BCUT2D eigenvalue weighted by Gasteiger charge is -2.30. The maximum absolute atomic E-state index is 12.9. The highest BCUT2D eigenvalue weighted by Crippen LogP contribution is 2.26. The molecule has 1 aliphatic heterocycles. The van der Waals surface area contributed by atoms with Crippen LogP contribution in [0, 0.1) is 5.92 Å². The number of aromatic nitrogens is 2. The summed E-state index contributed by atoms with van der Waals surface area (Å²) < 4.78 is 11.4. The third-order valence-corrected chi connectivity index (χ3v) is 6.39. The van der Waals surface area contributed by atoms with Gasteiger partial charge in [-0.3, -0.25) is 9.69 Å². The van der Waals surface area contributed by atoms with E-state index < -0.39 is 5.97 Å². The fourth-order valence-electron chi connectivity index (χ4n) is 3.83. The van der Waals surface area contributed by atoms with Crippen LogP contribution in [0.1, 0.15) is 36.0 Å². The number of rotatable bonds is 7. The molecule has 178 valence electrons. The Kier molecular flexibility index (Phi) is 7.97. The second-order valence-electron chi connectivity index (χ2n) is 8.00. The number of anilines is 1. The molecule has 4 rings (SSSR count). The maximum atomic E-state index is 12.9. The van der Waals surface area contributed by atoms with Gasteiger partial charge in [0.05, 0.1) is 35.3 Å². The van der Waals surface area contributed by atoms with Crippen LogP contribution in [0.15, 0.2) is 51.5 Å². The molecule has 2 heterocycles. The van der Waals surface area contributed by atoms with E-state index in [2.05, 4.69) is 36.3 Å². The van der Waals surface area contributed by atoms with Crippen LogP contribution in [0.5, 0.6) is 0 Å². The quantitative estimate of drug-likeness (QED) is 0.407. The van der Waals surface area contributed by atoms with Crippen molar-refractivity contribution in [3.05, 3.63) is 63.4 Å². The minimum Gasteiger partial charge on any atom is -0.462 e. The predicted octanol–water partition coefficient (Wildman–Crippen LogP) is 5.18. The number of hydrogen-bond acceptors (Lipinski definition) is 7. The maximum Gasteiger partial charge on any atom is 0.338 e. The van der Waals surface area contributed by atoms with Gasteiger partial charge < -0.3 is 14.6 Å². The van der Waals surface area contributed by atoms with Gasteiger partial charge >= 0.3 is 5.97 Å². The number of likely N-dealkylation sites (tertiary alicyclic amines) is 1. The Morgan fingerprint density at radius 2 is 2.06 bits per heavy atom. The van der Waals surface area contributed by atoms with Crippen molar-refractivity contribution in [3.63, 3.8) is 0 Å². The van der Waals surface area contributed by atoms with Gasteiger partial charge in [-0.1, -0.05) is 32.7 Å². The average molecular weight is 548 g/mol. The smallest absolute Gasteiger partial charge is 0.338 e. The molecule has 1 fully saturated rings. The third-order valence-electron chi connectivity index (χ3n) is 5.54. The zero-order valence-corrected chi connectivity index (χ0v) is 20.9. The molecule has 8 nitrogen and oxygen atoms in total. The summed E-state index contributed by atoms with van der Waals surface area (Å²) in [6.45, 7) is 3.90. The number of ether oxygens (including phenoxy) is 1. The van der Waals surface area contributed by atoms with Crippen molar-refractivity contribution < 1.29 is 18.8 Å². The highest BCUT2D eigenvalue weighted by molar-refractivity contribution is 9.10. The summed E-state index contributed by atoms with van der Waals surface area (Å²) in [6, 6.07) is 12.4. The summed E-state index contributed by atoms with van der Waals surface area (Å²) in [4.78, 5) is 31.4. The van der Waals surface area contributed by atoms with Crippen molar-refractivity contribution in [2.45, 2.75) is 26.3 Å². The van der Waals surface area contributed by atoms with Gasteiger partial charge in [-0.15, -0.1) is 0 Å². The molecule has 1 unspecified atom stereocenters. The topological polar surface area (TPSA) is 97.6 Å². The molecule has 2 aromatic carbocycles. The Balaban J connectivity index is 1.35. The Morgan fingerprint density at radius 1 is 1.26 bits per heavy atom. The van der Waals surface area contributed by atoms with Gasteiger partial charge in [0, 0.05) is 16.6 Å². The highest BCUT2D eigenvalue weighted by atomic mass is 79.9. The van der Waals surface area contributed by atoms with E-state index in [0.29, 0.717) is 36.1 Å². The van der Waals surface area contributed by atoms with Gasteiger partial charge in [0.1, 0.15) is 0 Å². The molecule has 1 aromatic heterocycles. The Labute approximate surface area is 210 Å². The Hall–Kier alpha value is -2.75. The van der Waals surface area contributed by atoms with Crippen molar-refractivity contribution in [1.82, 2.24) is 15.0 Å². The number of piperidine rings is 1. The van der Waals surface area contributed by atoms with Crippen LogP contribution in [0.3, 0.4) is 0 Å². The molecule has 0 spiro atoms. The molecule has 0 radical (unpaired) electrons. The van der Waals surface area contributed by atoms with E-state index >= 15 is 0 Å². The standard InChI is InChI=1S/C24H24BrClN4O4/c1-2-33-24(32)16-7-10-20(19(26)12-16)27-23(31)17-4-3-11-30(13-17)14-21-28-22(29-34-21)15-5-8-18(25)9-6-15/h5-10,12,17H,2-4,11,13-14H2,1H3,(H,27,31). The fraction of sp³-hybridized carbons (Fsp3) is 0.333. The molecule has 0 saturated carbocycles. The SMILES string of the molecule is CCOC(=O)c1ccc(NC(=O)C2CCCN(Cc3nc(-c4ccc(Br)cc4)no3)C2)c(Cl)c1. The van der Waals surface area contributed by atoms with Crippen LogP contribution in [0.2, 0.25) is 5.02 Å². The first kappa shape index (κ1) is 24.4. The summed E-state index contributed by atoms with van der Waals surface area (Å²) in [5.41, 5.74) is 1.68. The van der Waals surface area contributed by atoms with E-state index in [0.717, 1.165) is 29.4 Å². The zero-order valence-electron chi connectivity index (χ0n) is 18.6. The van der Waals surface area contributed by atoms with Crippen LogP contribution in [-0.2, 0) is 16.1 Å². The van der Waals surface area contributed by atoms with Gasteiger partial charge in [-0.25, -0.2) is 4.79 Å². The number of hydrogen-bond donors (Lipinski definition) is 1. The Bertz CT molecular complexity index is 1170. The number of nitrogens with zero attached hydrogens (tertiary/aromatic N) is 3. The Morgan fingerprint density at radius 3 is 2.79 bits per heavy atom. The fourth-order valence-corrected chi connectivity index (χ4v) is 4.32. The molecule has 1 saturated heterocycles. The molecule has 10 heteroatoms. The van der Waals surface area contributed by atoms with E-state index in [1.807, 2.05) is 24.3 Å². The van der Waals surface area contributed by atoms with Gasteiger partial charge in [-0.05, 0) is 68.8 Å². The molecule has 1 aliphatic rings. The molecule has 0 aliphatic carbocycles. The molecule has 1 amide bonds. The van der Waals surface area contributed by atoms with Crippen LogP contribution >= 0.6 is 27.5 Å². The summed E-state index contributed by atoms with van der Waals surface area (Å²) >= 11 is 9.71. The minimum absolute atomic E-state index is 0.114. The van der Waals surface area contributed by atoms with Crippen LogP contribution in [0.4, 0.5) is 5.69 Å². The summed E-state index contributed by atoms with van der Waals surface area (Å²) in [6.07, 6.45) is 1.65. The van der Waals surface area contributed by atoms with Crippen molar-refractivity contribution in [2.24, 2.45) is 5.92 Å². The van der Waals surface area contributed by atoms with Crippen LogP contribution in [0.25, 0.3) is 11.4 Å². The number of carbonyl (C=O) groups excluding carboxylic acids is 2. The molecule has 0 bridgehead atoms. The van der Waals surface area contributed by atoms with Crippen molar-refractivity contribution in [1.29, 1.82) is 0 Å². The predicted molar refractivity (Wildman–Crippen MR) is 131 cm³/mol. The van der Waals surface area contributed by atoms with Crippen LogP contribution < -0.4 is 5.32 Å². The first-order valence-corrected chi connectivity index (χ1v) is 12.2.